The van der Waals surface area contributed by atoms with Crippen molar-refractivity contribution >= 4 is 24.8 Å². The Labute approximate surface area is 129 Å². The Morgan fingerprint density at radius 2 is 2.14 bits per heavy atom. The van der Waals surface area contributed by atoms with E-state index in [1.165, 1.54) is 5.06 Å². The average molecular weight is 314 g/mol. The van der Waals surface area contributed by atoms with Crippen LogP contribution >= 0.6 is 12.9 Å². The van der Waals surface area contributed by atoms with Gasteiger partial charge in [0.1, 0.15) is 6.04 Å². The summed E-state index contributed by atoms with van der Waals surface area (Å²) in [5.41, 5.74) is 5.79. The molecule has 8 heteroatoms. The molecular formula is C13H22N4O3S. The summed E-state index contributed by atoms with van der Waals surface area (Å²) in [6.45, 7) is 1.77. The van der Waals surface area contributed by atoms with Crippen LogP contribution in [0.1, 0.15) is 32.1 Å². The molecule has 3 amide bonds. The standard InChI is InChI=1S/C13H22N4O3S/c14-7-9-3-1-2-6-15(9)12(18)11-5-4-10-8-16(11)13(19)17(10)20-21/h9-11,21H,1-8,14H2/t9?,10-,11+/m1/s1. The molecule has 0 spiro atoms. The Hall–Kier alpha value is -0.990. The molecule has 3 fully saturated rings. The molecule has 7 nitrogen and oxygen atoms in total. The van der Waals surface area contributed by atoms with Gasteiger partial charge < -0.3 is 15.5 Å². The zero-order chi connectivity index (χ0) is 15.0. The summed E-state index contributed by atoms with van der Waals surface area (Å²) in [7, 11) is 0. The summed E-state index contributed by atoms with van der Waals surface area (Å²) in [4.78, 5) is 28.6. The van der Waals surface area contributed by atoms with Gasteiger partial charge in [0.25, 0.3) is 0 Å². The lowest BCUT2D eigenvalue weighted by molar-refractivity contribution is -0.140. The molecule has 0 aliphatic carbocycles. The number of thiol groups is 1. The number of hydrogen-bond acceptors (Lipinski definition) is 5. The zero-order valence-electron chi connectivity index (χ0n) is 12.0. The second kappa shape index (κ2) is 6.02. The highest BCUT2D eigenvalue weighted by Crippen LogP contribution is 2.32. The lowest BCUT2D eigenvalue weighted by atomic mass is 9.96. The lowest BCUT2D eigenvalue weighted by Crippen LogP contribution is -2.56. The molecule has 3 saturated heterocycles. The van der Waals surface area contributed by atoms with Gasteiger partial charge in [0, 0.05) is 38.6 Å². The quantitative estimate of drug-likeness (QED) is 0.583. The minimum atomic E-state index is -0.380. The van der Waals surface area contributed by atoms with E-state index in [0.29, 0.717) is 19.5 Å². The van der Waals surface area contributed by atoms with E-state index in [9.17, 15) is 9.59 Å². The molecular weight excluding hydrogens is 292 g/mol. The third-order valence-corrected chi connectivity index (χ3v) is 5.05. The Balaban J connectivity index is 1.74. The number of carbonyl (C=O) groups is 2. The number of hydroxylamine groups is 2. The number of carbonyl (C=O) groups excluding carboxylic acids is 2. The molecule has 3 rings (SSSR count). The van der Waals surface area contributed by atoms with Crippen LogP contribution in [0.4, 0.5) is 4.79 Å². The molecule has 0 saturated carbocycles. The molecule has 2 bridgehead atoms. The zero-order valence-corrected chi connectivity index (χ0v) is 12.9. The first kappa shape index (κ1) is 14.9. The predicted molar refractivity (Wildman–Crippen MR) is 79.2 cm³/mol. The number of likely N-dealkylation sites (tertiary alicyclic amines) is 1. The minimum Gasteiger partial charge on any atom is -0.337 e. The molecule has 0 radical (unpaired) electrons. The number of amides is 3. The summed E-state index contributed by atoms with van der Waals surface area (Å²) in [6.07, 6.45) is 4.52. The van der Waals surface area contributed by atoms with Crippen LogP contribution in [0.3, 0.4) is 0 Å². The minimum absolute atomic E-state index is 0.00529. The Morgan fingerprint density at radius 3 is 2.86 bits per heavy atom. The van der Waals surface area contributed by atoms with Crippen molar-refractivity contribution in [3.63, 3.8) is 0 Å². The van der Waals surface area contributed by atoms with E-state index >= 15 is 0 Å². The summed E-state index contributed by atoms with van der Waals surface area (Å²) >= 11 is 3.74. The van der Waals surface area contributed by atoms with Crippen molar-refractivity contribution < 1.29 is 13.9 Å². The van der Waals surface area contributed by atoms with E-state index in [4.69, 9.17) is 10.0 Å². The maximum Gasteiger partial charge on any atom is 0.345 e. The maximum absolute atomic E-state index is 12.8. The van der Waals surface area contributed by atoms with Gasteiger partial charge >= 0.3 is 6.03 Å². The highest BCUT2D eigenvalue weighted by Gasteiger charge is 2.49. The number of hydrogen-bond donors (Lipinski definition) is 2. The van der Waals surface area contributed by atoms with Crippen LogP contribution in [0.15, 0.2) is 0 Å². The van der Waals surface area contributed by atoms with Crippen LogP contribution in [0.25, 0.3) is 0 Å². The SMILES string of the molecule is NCC1CCCCN1C(=O)[C@@H]1CC[C@@H]2CN1C(=O)N2OS. The molecule has 0 aromatic heterocycles. The predicted octanol–water partition coefficient (Wildman–Crippen LogP) is 0.371. The van der Waals surface area contributed by atoms with Gasteiger partial charge in [-0.2, -0.15) is 5.06 Å². The molecule has 1 unspecified atom stereocenters. The number of urea groups is 1. The monoisotopic (exact) mass is 314 g/mol. The number of fused-ring (bicyclic) bond motifs is 2. The Kier molecular flexibility index (Phi) is 4.28. The molecule has 3 atom stereocenters. The van der Waals surface area contributed by atoms with Gasteiger partial charge in [-0.15, -0.1) is 0 Å². The van der Waals surface area contributed by atoms with E-state index in [-0.39, 0.29) is 30.1 Å². The molecule has 0 aromatic carbocycles. The normalized spacial score (nSPS) is 32.8. The van der Waals surface area contributed by atoms with Crippen LogP contribution in [0.2, 0.25) is 0 Å². The molecule has 0 aromatic rings. The molecule has 3 heterocycles. The third-order valence-electron chi connectivity index (χ3n) is 4.88. The van der Waals surface area contributed by atoms with E-state index < -0.39 is 0 Å². The van der Waals surface area contributed by atoms with Crippen molar-refractivity contribution in [3.8, 4) is 0 Å². The fraction of sp³-hybridized carbons (Fsp3) is 0.846. The first-order valence-electron chi connectivity index (χ1n) is 7.59. The van der Waals surface area contributed by atoms with Crippen LogP contribution in [-0.2, 0) is 9.08 Å². The molecule has 21 heavy (non-hydrogen) atoms. The number of nitrogens with zero attached hydrogens (tertiary/aromatic N) is 3. The average Bonchev–Trinajstić information content (AvgIpc) is 2.77. The van der Waals surface area contributed by atoms with Gasteiger partial charge in [-0.1, -0.05) is 0 Å². The third kappa shape index (κ3) is 2.49. The van der Waals surface area contributed by atoms with Gasteiger partial charge in [0.15, 0.2) is 0 Å². The largest absolute Gasteiger partial charge is 0.345 e. The number of nitrogens with two attached hydrogens (primary N) is 1. The molecule has 3 aliphatic heterocycles. The van der Waals surface area contributed by atoms with Gasteiger partial charge in [-0.3, -0.25) is 4.79 Å². The molecule has 3 aliphatic rings. The van der Waals surface area contributed by atoms with Crippen LogP contribution in [0.5, 0.6) is 0 Å². The van der Waals surface area contributed by atoms with E-state index in [1.807, 2.05) is 4.90 Å². The van der Waals surface area contributed by atoms with Gasteiger partial charge in [0.05, 0.1) is 6.04 Å². The lowest BCUT2D eigenvalue weighted by Gasteiger charge is -2.40. The second-order valence-electron chi connectivity index (χ2n) is 6.01. The first-order valence-corrected chi connectivity index (χ1v) is 7.95. The summed E-state index contributed by atoms with van der Waals surface area (Å²) in [5.74, 6) is 0.0398. The van der Waals surface area contributed by atoms with Gasteiger partial charge in [-0.05, 0) is 32.1 Å². The fourth-order valence-electron chi connectivity index (χ4n) is 3.72. The van der Waals surface area contributed by atoms with Crippen molar-refractivity contribution in [1.82, 2.24) is 14.9 Å². The maximum atomic E-state index is 12.8. The topological polar surface area (TPSA) is 79.1 Å². The smallest absolute Gasteiger partial charge is 0.337 e. The Morgan fingerprint density at radius 1 is 1.33 bits per heavy atom. The van der Waals surface area contributed by atoms with Crippen LogP contribution in [-0.4, -0.2) is 64.6 Å². The Bertz CT molecular complexity index is 436. The number of piperidine rings is 2. The van der Waals surface area contributed by atoms with Gasteiger partial charge in [0.2, 0.25) is 5.91 Å². The molecule has 2 N–H and O–H groups in total. The van der Waals surface area contributed by atoms with Crippen LogP contribution < -0.4 is 5.73 Å². The van der Waals surface area contributed by atoms with Crippen molar-refractivity contribution in [2.24, 2.45) is 5.73 Å². The highest BCUT2D eigenvalue weighted by atomic mass is 32.1. The van der Waals surface area contributed by atoms with Crippen molar-refractivity contribution in [1.29, 1.82) is 0 Å². The molecule has 118 valence electrons. The van der Waals surface area contributed by atoms with Crippen LogP contribution in [0, 0.1) is 0 Å². The van der Waals surface area contributed by atoms with E-state index in [2.05, 4.69) is 12.9 Å². The van der Waals surface area contributed by atoms with Gasteiger partial charge in [-0.25, -0.2) is 9.08 Å². The van der Waals surface area contributed by atoms with Crippen molar-refractivity contribution in [3.05, 3.63) is 0 Å². The number of rotatable bonds is 3. The first-order chi connectivity index (χ1) is 10.2. The van der Waals surface area contributed by atoms with E-state index in [0.717, 1.165) is 32.2 Å². The summed E-state index contributed by atoms with van der Waals surface area (Å²) in [5, 5.41) is 1.27. The summed E-state index contributed by atoms with van der Waals surface area (Å²) < 4.78 is 4.84. The second-order valence-corrected chi connectivity index (χ2v) is 6.17. The fourth-order valence-corrected chi connectivity index (χ4v) is 3.93. The highest BCUT2D eigenvalue weighted by molar-refractivity contribution is 7.75. The summed E-state index contributed by atoms with van der Waals surface area (Å²) in [6, 6.07) is -0.522. The van der Waals surface area contributed by atoms with Crippen molar-refractivity contribution in [2.45, 2.75) is 50.2 Å². The van der Waals surface area contributed by atoms with E-state index in [1.54, 1.807) is 4.90 Å². The van der Waals surface area contributed by atoms with Crippen molar-refractivity contribution in [2.75, 3.05) is 19.6 Å².